The molecule has 1 aliphatic rings. The van der Waals surface area contributed by atoms with Gasteiger partial charge in [0.1, 0.15) is 17.7 Å². The molecule has 0 radical (unpaired) electrons. The predicted molar refractivity (Wildman–Crippen MR) is 100 cm³/mol. The van der Waals surface area contributed by atoms with Crippen LogP contribution in [0.5, 0.6) is 0 Å². The van der Waals surface area contributed by atoms with Crippen molar-refractivity contribution in [1.29, 1.82) is 0 Å². The fourth-order valence-corrected chi connectivity index (χ4v) is 3.02. The number of carbonyl (C=O) groups is 3. The van der Waals surface area contributed by atoms with Crippen molar-refractivity contribution in [3.05, 3.63) is 39.9 Å². The van der Waals surface area contributed by atoms with E-state index < -0.39 is 46.7 Å². The van der Waals surface area contributed by atoms with Gasteiger partial charge in [-0.3, -0.25) is 15.0 Å². The predicted octanol–water partition coefficient (Wildman–Crippen LogP) is 2.69. The monoisotopic (exact) mass is 408 g/mol. The molecule has 1 fully saturated rings. The summed E-state index contributed by atoms with van der Waals surface area (Å²) in [5.41, 5.74) is -0.809. The number of benzene rings is 1. The van der Waals surface area contributed by atoms with Crippen LogP contribution < -0.4 is 0 Å². The van der Waals surface area contributed by atoms with Gasteiger partial charge >= 0.3 is 18.0 Å². The van der Waals surface area contributed by atoms with E-state index in [9.17, 15) is 24.5 Å². The van der Waals surface area contributed by atoms with E-state index in [1.807, 2.05) is 0 Å². The van der Waals surface area contributed by atoms with E-state index in [1.54, 1.807) is 27.7 Å². The van der Waals surface area contributed by atoms with Crippen LogP contribution in [0, 0.1) is 10.1 Å². The van der Waals surface area contributed by atoms with Crippen LogP contribution in [-0.2, 0) is 19.0 Å². The molecule has 1 amide bonds. The number of hydrogen-bond acceptors (Lipinski definition) is 8. The maximum Gasteiger partial charge on any atom is 0.411 e. The fraction of sp³-hybridized carbons (Fsp3) is 0.526. The molecule has 0 saturated carbocycles. The van der Waals surface area contributed by atoms with E-state index in [4.69, 9.17) is 14.2 Å². The fourth-order valence-electron chi connectivity index (χ4n) is 3.02. The van der Waals surface area contributed by atoms with Crippen molar-refractivity contribution >= 4 is 23.7 Å². The third-order valence-electron chi connectivity index (χ3n) is 4.42. The molecule has 0 bridgehead atoms. The van der Waals surface area contributed by atoms with E-state index in [-0.39, 0.29) is 17.7 Å². The number of methoxy groups -OCH3 is 1. The lowest BCUT2D eigenvalue weighted by Crippen LogP contribution is -2.47. The van der Waals surface area contributed by atoms with Crippen molar-refractivity contribution in [2.75, 3.05) is 7.11 Å². The average Bonchev–Trinajstić information content (AvgIpc) is 2.96. The van der Waals surface area contributed by atoms with E-state index in [0.29, 0.717) is 0 Å². The number of carbonyl (C=O) groups excluding carboxylic acids is 3. The Morgan fingerprint density at radius 3 is 2.24 bits per heavy atom. The molecule has 3 atom stereocenters. The molecule has 158 valence electrons. The van der Waals surface area contributed by atoms with Gasteiger partial charge < -0.3 is 14.2 Å². The van der Waals surface area contributed by atoms with Crippen LogP contribution in [0.1, 0.15) is 44.5 Å². The van der Waals surface area contributed by atoms with Crippen LogP contribution in [-0.4, -0.2) is 58.8 Å². The highest BCUT2D eigenvalue weighted by molar-refractivity contribution is 5.90. The first-order chi connectivity index (χ1) is 13.4. The van der Waals surface area contributed by atoms with Crippen LogP contribution >= 0.6 is 0 Å². The number of amides is 1. The Bertz CT molecular complexity index is 799. The molecule has 2 rings (SSSR count). The van der Waals surface area contributed by atoms with E-state index >= 15 is 0 Å². The molecule has 0 spiro atoms. The van der Waals surface area contributed by atoms with Gasteiger partial charge in [0.15, 0.2) is 0 Å². The summed E-state index contributed by atoms with van der Waals surface area (Å²) in [6.07, 6.45) is -1.45. The van der Waals surface area contributed by atoms with Gasteiger partial charge in [0.2, 0.25) is 0 Å². The minimum Gasteiger partial charge on any atom is -0.467 e. The number of hydrogen-bond donors (Lipinski definition) is 0. The molecular weight excluding hydrogens is 384 g/mol. The van der Waals surface area contributed by atoms with E-state index in [1.165, 1.54) is 36.3 Å². The summed E-state index contributed by atoms with van der Waals surface area (Å²) >= 11 is 0. The molecule has 1 aliphatic heterocycles. The molecule has 1 heterocycles. The summed E-state index contributed by atoms with van der Waals surface area (Å²) in [5, 5.41) is 10.7. The molecular formula is C19H24N2O8. The van der Waals surface area contributed by atoms with Crippen molar-refractivity contribution in [2.45, 2.75) is 57.9 Å². The lowest BCUT2D eigenvalue weighted by Gasteiger charge is -2.30. The maximum absolute atomic E-state index is 12.6. The summed E-state index contributed by atoms with van der Waals surface area (Å²) in [7, 11) is 1.20. The molecule has 0 aliphatic carbocycles. The zero-order valence-electron chi connectivity index (χ0n) is 16.9. The maximum atomic E-state index is 12.6. The van der Waals surface area contributed by atoms with Crippen molar-refractivity contribution in [2.24, 2.45) is 0 Å². The van der Waals surface area contributed by atoms with Gasteiger partial charge in [-0.15, -0.1) is 0 Å². The molecule has 2 unspecified atom stereocenters. The molecule has 29 heavy (non-hydrogen) atoms. The first kappa shape index (κ1) is 22.1. The Labute approximate surface area is 167 Å². The first-order valence-electron chi connectivity index (χ1n) is 8.99. The summed E-state index contributed by atoms with van der Waals surface area (Å²) in [6.45, 7) is 6.74. The highest BCUT2D eigenvalue weighted by atomic mass is 16.6. The SMILES string of the molecule is COC(=O)C1C[C@H](OC(=O)c2ccc([N+](=O)[O-])cc2)C(C)N1C(=O)OC(C)(C)C. The third-order valence-corrected chi connectivity index (χ3v) is 4.42. The molecule has 10 heteroatoms. The van der Waals surface area contributed by atoms with Crippen molar-refractivity contribution in [1.82, 2.24) is 4.90 Å². The molecule has 1 aromatic carbocycles. The number of ether oxygens (including phenoxy) is 3. The molecule has 0 aromatic heterocycles. The zero-order chi connectivity index (χ0) is 21.9. The molecule has 10 nitrogen and oxygen atoms in total. The van der Waals surface area contributed by atoms with Crippen molar-refractivity contribution < 1.29 is 33.5 Å². The molecule has 1 aromatic rings. The summed E-state index contributed by atoms with van der Waals surface area (Å²) in [6, 6.07) is 3.35. The van der Waals surface area contributed by atoms with Crippen molar-refractivity contribution in [3.63, 3.8) is 0 Å². The largest absolute Gasteiger partial charge is 0.467 e. The van der Waals surface area contributed by atoms with E-state index in [0.717, 1.165) is 0 Å². The Hall–Kier alpha value is -3.17. The topological polar surface area (TPSA) is 125 Å². The normalized spacial score (nSPS) is 21.4. The standard InChI is InChI=1S/C19H24N2O8/c1-11-15(28-16(22)12-6-8-13(9-7-12)21(25)26)10-14(17(23)27-5)20(11)18(24)29-19(2,3)4/h6-9,11,14-15H,10H2,1-5H3/t11?,14?,15-/m0/s1. The van der Waals surface area contributed by atoms with Gasteiger partial charge in [-0.05, 0) is 39.8 Å². The lowest BCUT2D eigenvalue weighted by molar-refractivity contribution is -0.384. The second kappa shape index (κ2) is 8.46. The second-order valence-corrected chi connectivity index (χ2v) is 7.65. The number of likely N-dealkylation sites (tertiary alicyclic amines) is 1. The highest BCUT2D eigenvalue weighted by Crippen LogP contribution is 2.30. The van der Waals surface area contributed by atoms with Gasteiger partial charge in [-0.25, -0.2) is 14.4 Å². The van der Waals surface area contributed by atoms with Gasteiger partial charge in [-0.2, -0.15) is 0 Å². The lowest BCUT2D eigenvalue weighted by atomic mass is 10.1. The van der Waals surface area contributed by atoms with Crippen molar-refractivity contribution in [3.8, 4) is 0 Å². The first-order valence-corrected chi connectivity index (χ1v) is 8.99. The number of esters is 2. The zero-order valence-corrected chi connectivity index (χ0v) is 16.9. The Morgan fingerprint density at radius 1 is 1.17 bits per heavy atom. The van der Waals surface area contributed by atoms with Crippen LogP contribution in [0.4, 0.5) is 10.5 Å². The summed E-state index contributed by atoms with van der Waals surface area (Å²) < 4.78 is 15.6. The summed E-state index contributed by atoms with van der Waals surface area (Å²) in [4.78, 5) is 48.6. The number of non-ortho nitro benzene ring substituents is 1. The molecule has 0 N–H and O–H groups in total. The second-order valence-electron chi connectivity index (χ2n) is 7.65. The van der Waals surface area contributed by atoms with Gasteiger partial charge in [0.25, 0.3) is 5.69 Å². The Morgan fingerprint density at radius 2 is 1.76 bits per heavy atom. The van der Waals surface area contributed by atoms with E-state index in [2.05, 4.69) is 0 Å². The number of nitro groups is 1. The number of nitrogens with zero attached hydrogens (tertiary/aromatic N) is 2. The average molecular weight is 408 g/mol. The minimum atomic E-state index is -0.959. The highest BCUT2D eigenvalue weighted by Gasteiger charge is 2.48. The smallest absolute Gasteiger partial charge is 0.411 e. The molecule has 1 saturated heterocycles. The van der Waals surface area contributed by atoms with Crippen LogP contribution in [0.2, 0.25) is 0 Å². The number of nitro benzene ring substituents is 1. The number of rotatable bonds is 4. The van der Waals surface area contributed by atoms with Gasteiger partial charge in [0.05, 0.1) is 23.6 Å². The van der Waals surface area contributed by atoms with Crippen LogP contribution in [0.3, 0.4) is 0 Å². The Kier molecular flexibility index (Phi) is 6.45. The quantitative estimate of drug-likeness (QED) is 0.322. The van der Waals surface area contributed by atoms with Gasteiger partial charge in [0, 0.05) is 18.6 Å². The summed E-state index contributed by atoms with van der Waals surface area (Å²) in [5.74, 6) is -1.36. The third kappa shape index (κ3) is 5.21. The Balaban J connectivity index is 2.18. The van der Waals surface area contributed by atoms with Crippen LogP contribution in [0.15, 0.2) is 24.3 Å². The van der Waals surface area contributed by atoms with Crippen LogP contribution in [0.25, 0.3) is 0 Å². The minimum absolute atomic E-state index is 0.0474. The van der Waals surface area contributed by atoms with Gasteiger partial charge in [-0.1, -0.05) is 0 Å².